The van der Waals surface area contributed by atoms with Gasteiger partial charge in [-0.05, 0) is 12.8 Å². The Balaban J connectivity index is 3.70. The van der Waals surface area contributed by atoms with Crippen LogP contribution in [-0.4, -0.2) is 18.0 Å². The van der Waals surface area contributed by atoms with Crippen molar-refractivity contribution < 1.29 is 0 Å². The fourth-order valence-corrected chi connectivity index (χ4v) is 0.974. The number of nitriles is 1. The highest BCUT2D eigenvalue weighted by Crippen LogP contribution is 1.94. The van der Waals surface area contributed by atoms with E-state index in [1.807, 2.05) is 12.3 Å². The molecule has 0 saturated heterocycles. The standard InChI is InChI=1S/C9H16N2/c1-3-7-11(8-4-2)9-5-6-10/h5,9H,3-4,7-8H2,1-2H3. The normalized spacial score (nSPS) is 9.91. The summed E-state index contributed by atoms with van der Waals surface area (Å²) in [5.41, 5.74) is 0. The maximum Gasteiger partial charge on any atom is 0.0927 e. The van der Waals surface area contributed by atoms with Crippen LogP contribution >= 0.6 is 0 Å². The number of nitrogens with zero attached hydrogens (tertiary/aromatic N) is 2. The third-order valence-electron chi connectivity index (χ3n) is 1.38. The molecule has 0 aliphatic carbocycles. The lowest BCUT2D eigenvalue weighted by Crippen LogP contribution is -2.18. The van der Waals surface area contributed by atoms with Crippen LogP contribution in [0.5, 0.6) is 0 Å². The van der Waals surface area contributed by atoms with E-state index in [9.17, 15) is 0 Å². The average Bonchev–Trinajstić information content (AvgIpc) is 2.01. The van der Waals surface area contributed by atoms with Crippen molar-refractivity contribution in [2.24, 2.45) is 0 Å². The van der Waals surface area contributed by atoms with Crippen molar-refractivity contribution in [2.75, 3.05) is 13.1 Å². The summed E-state index contributed by atoms with van der Waals surface area (Å²) in [6.45, 7) is 6.38. The molecule has 0 saturated carbocycles. The molecule has 0 unspecified atom stereocenters. The minimum Gasteiger partial charge on any atom is -0.377 e. The predicted octanol–water partition coefficient (Wildman–Crippen LogP) is 2.15. The molecule has 0 atom stereocenters. The molecule has 0 aromatic heterocycles. The molecule has 2 nitrogen and oxygen atoms in total. The summed E-state index contributed by atoms with van der Waals surface area (Å²) >= 11 is 0. The van der Waals surface area contributed by atoms with Crippen molar-refractivity contribution in [2.45, 2.75) is 26.7 Å². The lowest BCUT2D eigenvalue weighted by atomic mass is 10.4. The third kappa shape index (κ3) is 5.47. The molecule has 0 heterocycles. The molecule has 0 fully saturated rings. The van der Waals surface area contributed by atoms with Crippen LogP contribution in [0.1, 0.15) is 26.7 Å². The third-order valence-corrected chi connectivity index (χ3v) is 1.38. The van der Waals surface area contributed by atoms with E-state index in [0.29, 0.717) is 0 Å². The summed E-state index contributed by atoms with van der Waals surface area (Å²) in [6.07, 6.45) is 5.67. The fourth-order valence-electron chi connectivity index (χ4n) is 0.974. The summed E-state index contributed by atoms with van der Waals surface area (Å²) in [7, 11) is 0. The molecule has 2 heteroatoms. The molecule has 62 valence electrons. The first-order valence-corrected chi connectivity index (χ1v) is 4.15. The SMILES string of the molecule is CCCN(C=CC#N)CCC. The number of rotatable bonds is 5. The van der Waals surface area contributed by atoms with Crippen molar-refractivity contribution >= 4 is 0 Å². The van der Waals surface area contributed by atoms with E-state index in [2.05, 4.69) is 18.7 Å². The minimum atomic E-state index is 1.05. The Hall–Kier alpha value is -0.970. The minimum absolute atomic E-state index is 1.05. The molecule has 0 spiro atoms. The second kappa shape index (κ2) is 7.14. The molecule has 0 aliphatic heterocycles. The van der Waals surface area contributed by atoms with Crippen LogP contribution in [-0.2, 0) is 0 Å². The maximum absolute atomic E-state index is 8.29. The molecular formula is C9H16N2. The van der Waals surface area contributed by atoms with Crippen LogP contribution in [0.15, 0.2) is 12.3 Å². The van der Waals surface area contributed by atoms with E-state index in [1.165, 1.54) is 6.08 Å². The van der Waals surface area contributed by atoms with Gasteiger partial charge in [-0.3, -0.25) is 0 Å². The summed E-state index contributed by atoms with van der Waals surface area (Å²) in [4.78, 5) is 2.17. The largest absolute Gasteiger partial charge is 0.377 e. The summed E-state index contributed by atoms with van der Waals surface area (Å²) in [5, 5.41) is 8.29. The lowest BCUT2D eigenvalue weighted by Gasteiger charge is -2.17. The number of hydrogen-bond donors (Lipinski definition) is 0. The Bertz CT molecular complexity index is 138. The highest BCUT2D eigenvalue weighted by Gasteiger charge is 1.93. The molecule has 0 radical (unpaired) electrons. The van der Waals surface area contributed by atoms with Gasteiger partial charge >= 0.3 is 0 Å². The maximum atomic E-state index is 8.29. The number of allylic oxidation sites excluding steroid dienone is 1. The Kier molecular flexibility index (Phi) is 6.51. The lowest BCUT2D eigenvalue weighted by molar-refractivity contribution is 0.376. The monoisotopic (exact) mass is 152 g/mol. The first kappa shape index (κ1) is 10.0. The molecule has 0 amide bonds. The molecule has 11 heavy (non-hydrogen) atoms. The van der Waals surface area contributed by atoms with Crippen molar-refractivity contribution in [3.8, 4) is 6.07 Å². The van der Waals surface area contributed by atoms with E-state index in [1.54, 1.807) is 0 Å². The average molecular weight is 152 g/mol. The second-order valence-electron chi connectivity index (χ2n) is 2.48. The fraction of sp³-hybridized carbons (Fsp3) is 0.667. The van der Waals surface area contributed by atoms with Crippen LogP contribution < -0.4 is 0 Å². The van der Waals surface area contributed by atoms with Crippen molar-refractivity contribution in [3.05, 3.63) is 12.3 Å². The van der Waals surface area contributed by atoms with Crippen LogP contribution in [0.4, 0.5) is 0 Å². The van der Waals surface area contributed by atoms with Gasteiger partial charge < -0.3 is 4.90 Å². The van der Waals surface area contributed by atoms with Crippen LogP contribution in [0.25, 0.3) is 0 Å². The van der Waals surface area contributed by atoms with Gasteiger partial charge in [0.1, 0.15) is 0 Å². The zero-order valence-corrected chi connectivity index (χ0v) is 7.38. The highest BCUT2D eigenvalue weighted by atomic mass is 15.1. The highest BCUT2D eigenvalue weighted by molar-refractivity contribution is 5.00. The molecule has 0 N–H and O–H groups in total. The molecule has 0 aliphatic rings. The summed E-state index contributed by atoms with van der Waals surface area (Å²) < 4.78 is 0. The number of hydrogen-bond acceptors (Lipinski definition) is 2. The van der Waals surface area contributed by atoms with Crippen molar-refractivity contribution in [3.63, 3.8) is 0 Å². The topological polar surface area (TPSA) is 27.0 Å². The van der Waals surface area contributed by atoms with Gasteiger partial charge in [-0.1, -0.05) is 13.8 Å². The zero-order chi connectivity index (χ0) is 8.53. The Morgan fingerprint density at radius 3 is 2.18 bits per heavy atom. The predicted molar refractivity (Wildman–Crippen MR) is 46.9 cm³/mol. The van der Waals surface area contributed by atoms with Gasteiger partial charge in [0.15, 0.2) is 0 Å². The van der Waals surface area contributed by atoms with Gasteiger partial charge in [0.25, 0.3) is 0 Å². The Morgan fingerprint density at radius 2 is 1.82 bits per heavy atom. The quantitative estimate of drug-likeness (QED) is 0.564. The van der Waals surface area contributed by atoms with Crippen LogP contribution in [0, 0.1) is 11.3 Å². The van der Waals surface area contributed by atoms with Gasteiger partial charge in [-0.25, -0.2) is 0 Å². The van der Waals surface area contributed by atoms with Gasteiger partial charge in [-0.15, -0.1) is 0 Å². The first-order chi connectivity index (χ1) is 5.35. The second-order valence-corrected chi connectivity index (χ2v) is 2.48. The first-order valence-electron chi connectivity index (χ1n) is 4.15. The Morgan fingerprint density at radius 1 is 1.27 bits per heavy atom. The van der Waals surface area contributed by atoms with Crippen LogP contribution in [0.2, 0.25) is 0 Å². The van der Waals surface area contributed by atoms with E-state index >= 15 is 0 Å². The van der Waals surface area contributed by atoms with E-state index in [0.717, 1.165) is 25.9 Å². The molecule has 0 aromatic rings. The Labute approximate surface area is 69.1 Å². The summed E-state index contributed by atoms with van der Waals surface area (Å²) in [5.74, 6) is 0. The van der Waals surface area contributed by atoms with E-state index < -0.39 is 0 Å². The summed E-state index contributed by atoms with van der Waals surface area (Å²) in [6, 6.07) is 1.99. The van der Waals surface area contributed by atoms with Crippen molar-refractivity contribution in [1.29, 1.82) is 5.26 Å². The van der Waals surface area contributed by atoms with Gasteiger partial charge in [0.2, 0.25) is 0 Å². The molecule has 0 rings (SSSR count). The van der Waals surface area contributed by atoms with Crippen molar-refractivity contribution in [1.82, 2.24) is 4.90 Å². The van der Waals surface area contributed by atoms with Gasteiger partial charge in [0, 0.05) is 25.4 Å². The molecule has 0 bridgehead atoms. The van der Waals surface area contributed by atoms with Gasteiger partial charge in [0.05, 0.1) is 6.07 Å². The van der Waals surface area contributed by atoms with Gasteiger partial charge in [-0.2, -0.15) is 5.26 Å². The van der Waals surface area contributed by atoms with Crippen LogP contribution in [0.3, 0.4) is 0 Å². The molecule has 0 aromatic carbocycles. The smallest absolute Gasteiger partial charge is 0.0927 e. The zero-order valence-electron chi connectivity index (χ0n) is 7.38. The van der Waals surface area contributed by atoms with E-state index in [-0.39, 0.29) is 0 Å². The van der Waals surface area contributed by atoms with E-state index in [4.69, 9.17) is 5.26 Å². The molecular weight excluding hydrogens is 136 g/mol.